The first kappa shape index (κ1) is 15.9. The number of rotatable bonds is 6. The lowest BCUT2D eigenvalue weighted by molar-refractivity contribution is 0.539. The Labute approximate surface area is 136 Å². The van der Waals surface area contributed by atoms with Gasteiger partial charge in [-0.3, -0.25) is 0 Å². The molecule has 0 N–H and O–H groups in total. The van der Waals surface area contributed by atoms with Gasteiger partial charge in [0.2, 0.25) is 0 Å². The van der Waals surface area contributed by atoms with E-state index < -0.39 is 0 Å². The van der Waals surface area contributed by atoms with Gasteiger partial charge >= 0.3 is 0 Å². The summed E-state index contributed by atoms with van der Waals surface area (Å²) in [6, 6.07) is 22.0. The summed E-state index contributed by atoms with van der Waals surface area (Å²) in [4.78, 5) is 0. The summed E-state index contributed by atoms with van der Waals surface area (Å²) in [6.45, 7) is 0. The molecule has 2 rings (SSSR count). The Morgan fingerprint density at radius 3 is 1.48 bits per heavy atom. The van der Waals surface area contributed by atoms with Crippen LogP contribution in [0.1, 0.15) is 34.7 Å². The van der Waals surface area contributed by atoms with Gasteiger partial charge in [-0.2, -0.15) is 5.26 Å². The average Bonchev–Trinajstić information content (AvgIpc) is 2.55. The molecule has 0 spiro atoms. The van der Waals surface area contributed by atoms with Gasteiger partial charge < -0.3 is 0 Å². The molecule has 2 aromatic rings. The summed E-state index contributed by atoms with van der Waals surface area (Å²) < 4.78 is 0. The number of alkyl halides is 2. The Bertz CT molecular complexity index is 530. The maximum Gasteiger partial charge on any atom is 0.0657 e. The molecule has 1 nitrogen and oxygen atoms in total. The maximum atomic E-state index is 9.35. The molecule has 2 atom stereocenters. The molecule has 21 heavy (non-hydrogen) atoms. The largest absolute Gasteiger partial charge is 0.198 e. The van der Waals surface area contributed by atoms with Crippen molar-refractivity contribution in [1.82, 2.24) is 0 Å². The van der Waals surface area contributed by atoms with Crippen LogP contribution in [-0.2, 0) is 0 Å². The van der Waals surface area contributed by atoms with Gasteiger partial charge in [-0.15, -0.1) is 23.2 Å². The average molecular weight is 318 g/mol. The molecule has 0 aliphatic heterocycles. The van der Waals surface area contributed by atoms with Crippen LogP contribution in [-0.4, -0.2) is 0 Å². The molecule has 0 saturated heterocycles. The van der Waals surface area contributed by atoms with Crippen molar-refractivity contribution in [1.29, 1.82) is 5.26 Å². The predicted octanol–water partition coefficient (Wildman–Crippen LogP) is 5.87. The summed E-state index contributed by atoms with van der Waals surface area (Å²) in [5, 5.41) is 9.04. The van der Waals surface area contributed by atoms with E-state index in [1.807, 2.05) is 60.7 Å². The zero-order valence-corrected chi connectivity index (χ0v) is 13.1. The van der Waals surface area contributed by atoms with E-state index in [0.717, 1.165) is 11.1 Å². The Morgan fingerprint density at radius 1 is 0.762 bits per heavy atom. The summed E-state index contributed by atoms with van der Waals surface area (Å²) in [6.07, 6.45) is 1.22. The second-order valence-corrected chi connectivity index (χ2v) is 6.11. The van der Waals surface area contributed by atoms with E-state index in [1.165, 1.54) is 0 Å². The highest BCUT2D eigenvalue weighted by molar-refractivity contribution is 6.21. The molecular formula is C18H17Cl2N. The predicted molar refractivity (Wildman–Crippen MR) is 88.4 cm³/mol. The molecule has 0 heterocycles. The molecule has 0 bridgehead atoms. The third kappa shape index (κ3) is 4.77. The lowest BCUT2D eigenvalue weighted by Gasteiger charge is -2.17. The van der Waals surface area contributed by atoms with Gasteiger partial charge in [-0.05, 0) is 24.0 Å². The summed E-state index contributed by atoms with van der Waals surface area (Å²) in [5.41, 5.74) is 2.09. The number of hydrogen-bond acceptors (Lipinski definition) is 1. The fourth-order valence-corrected chi connectivity index (χ4v) is 3.02. The molecule has 0 radical (unpaired) electrons. The first-order valence-electron chi connectivity index (χ1n) is 6.98. The summed E-state index contributed by atoms with van der Waals surface area (Å²) in [7, 11) is 0. The van der Waals surface area contributed by atoms with Crippen molar-refractivity contribution >= 4 is 23.2 Å². The molecule has 0 aromatic heterocycles. The summed E-state index contributed by atoms with van der Waals surface area (Å²) in [5.74, 6) is -0.157. The molecule has 3 heteroatoms. The highest BCUT2D eigenvalue weighted by Crippen LogP contribution is 2.34. The SMILES string of the molecule is N#CC(CC(Cl)c1ccccc1)CC(Cl)c1ccccc1. The van der Waals surface area contributed by atoms with Crippen molar-refractivity contribution in [2.75, 3.05) is 0 Å². The molecule has 2 aromatic carbocycles. The Kier molecular flexibility index (Phi) is 6.11. The van der Waals surface area contributed by atoms with Gasteiger partial charge in [0.1, 0.15) is 0 Å². The van der Waals surface area contributed by atoms with Crippen LogP contribution >= 0.6 is 23.2 Å². The van der Waals surface area contributed by atoms with Crippen LogP contribution in [0.25, 0.3) is 0 Å². The van der Waals surface area contributed by atoms with Crippen LogP contribution < -0.4 is 0 Å². The molecule has 0 amide bonds. The third-order valence-electron chi connectivity index (χ3n) is 3.49. The van der Waals surface area contributed by atoms with Crippen molar-refractivity contribution in [2.24, 2.45) is 5.92 Å². The van der Waals surface area contributed by atoms with Crippen LogP contribution in [0.2, 0.25) is 0 Å². The van der Waals surface area contributed by atoms with Gasteiger partial charge in [0.25, 0.3) is 0 Å². The zero-order chi connectivity index (χ0) is 15.1. The lowest BCUT2D eigenvalue weighted by atomic mass is 9.94. The molecule has 108 valence electrons. The smallest absolute Gasteiger partial charge is 0.0657 e. The van der Waals surface area contributed by atoms with Crippen molar-refractivity contribution < 1.29 is 0 Å². The number of nitriles is 1. The van der Waals surface area contributed by atoms with E-state index >= 15 is 0 Å². The first-order valence-corrected chi connectivity index (χ1v) is 7.85. The van der Waals surface area contributed by atoms with Gasteiger partial charge in [-0.1, -0.05) is 60.7 Å². The maximum absolute atomic E-state index is 9.35. The second kappa shape index (κ2) is 8.08. The zero-order valence-electron chi connectivity index (χ0n) is 11.6. The van der Waals surface area contributed by atoms with Crippen molar-refractivity contribution in [3.8, 4) is 6.07 Å². The summed E-state index contributed by atoms with van der Waals surface area (Å²) >= 11 is 12.8. The highest BCUT2D eigenvalue weighted by atomic mass is 35.5. The number of hydrogen-bond donors (Lipinski definition) is 0. The lowest BCUT2D eigenvalue weighted by Crippen LogP contribution is -2.05. The Morgan fingerprint density at radius 2 is 1.14 bits per heavy atom. The molecule has 2 unspecified atom stereocenters. The quantitative estimate of drug-likeness (QED) is 0.611. The van der Waals surface area contributed by atoms with Crippen LogP contribution in [0.3, 0.4) is 0 Å². The highest BCUT2D eigenvalue weighted by Gasteiger charge is 2.20. The standard InChI is InChI=1S/C18H17Cl2N/c19-17(15-7-3-1-4-8-15)11-14(13-21)12-18(20)16-9-5-2-6-10-16/h1-10,14,17-18H,11-12H2. The molecule has 0 fully saturated rings. The van der Waals surface area contributed by atoms with Crippen molar-refractivity contribution in [3.63, 3.8) is 0 Å². The monoisotopic (exact) mass is 317 g/mol. The van der Waals surface area contributed by atoms with Crippen LogP contribution in [0.15, 0.2) is 60.7 Å². The van der Waals surface area contributed by atoms with Gasteiger partial charge in [0.05, 0.1) is 16.8 Å². The Hall–Kier alpha value is -1.49. The molecule has 0 aliphatic rings. The molecule has 0 saturated carbocycles. The van der Waals surface area contributed by atoms with E-state index in [1.54, 1.807) is 0 Å². The van der Waals surface area contributed by atoms with Gasteiger partial charge in [-0.25, -0.2) is 0 Å². The second-order valence-electron chi connectivity index (χ2n) is 5.05. The minimum absolute atomic E-state index is 0.157. The number of benzene rings is 2. The van der Waals surface area contributed by atoms with Crippen LogP contribution in [0.4, 0.5) is 0 Å². The minimum atomic E-state index is -0.157. The third-order valence-corrected chi connectivity index (χ3v) is 4.35. The van der Waals surface area contributed by atoms with E-state index in [9.17, 15) is 5.26 Å². The first-order chi connectivity index (χ1) is 10.2. The fourth-order valence-electron chi connectivity index (χ4n) is 2.30. The number of nitrogens with zero attached hydrogens (tertiary/aromatic N) is 1. The minimum Gasteiger partial charge on any atom is -0.198 e. The molecular weight excluding hydrogens is 301 g/mol. The topological polar surface area (TPSA) is 23.8 Å². The van der Waals surface area contributed by atoms with Gasteiger partial charge in [0.15, 0.2) is 0 Å². The molecule has 0 aliphatic carbocycles. The van der Waals surface area contributed by atoms with Crippen molar-refractivity contribution in [3.05, 3.63) is 71.8 Å². The van der Waals surface area contributed by atoms with E-state index in [0.29, 0.717) is 12.8 Å². The Balaban J connectivity index is 1.96. The number of halogens is 2. The van der Waals surface area contributed by atoms with E-state index in [4.69, 9.17) is 23.2 Å². The van der Waals surface area contributed by atoms with Crippen LogP contribution in [0.5, 0.6) is 0 Å². The van der Waals surface area contributed by atoms with Crippen molar-refractivity contribution in [2.45, 2.75) is 23.6 Å². The normalized spacial score (nSPS) is 14.9. The van der Waals surface area contributed by atoms with Crippen LogP contribution in [0, 0.1) is 17.2 Å². The fraction of sp³-hybridized carbons (Fsp3) is 0.278. The van der Waals surface area contributed by atoms with Gasteiger partial charge in [0, 0.05) is 5.92 Å². The van der Waals surface area contributed by atoms with E-state index in [2.05, 4.69) is 6.07 Å². The van der Waals surface area contributed by atoms with E-state index in [-0.39, 0.29) is 16.7 Å².